The smallest absolute Gasteiger partial charge is 0.332 e. The van der Waals surface area contributed by atoms with Gasteiger partial charge in [0.05, 0.1) is 0 Å². The van der Waals surface area contributed by atoms with E-state index in [1.54, 1.807) is 4.90 Å². The maximum absolute atomic E-state index is 12.2. The van der Waals surface area contributed by atoms with Gasteiger partial charge in [-0.3, -0.25) is 9.69 Å². The number of carboxylic acids is 1. The number of hydrogen-bond donors (Lipinski definition) is 1. The molecule has 0 spiro atoms. The SMILES string of the molecule is CC(C)N1CCN(C(=O)C2CCC(C(=O)O)O2)CC1. The topological polar surface area (TPSA) is 70.1 Å². The summed E-state index contributed by atoms with van der Waals surface area (Å²) >= 11 is 0. The number of nitrogens with zero attached hydrogens (tertiary/aromatic N) is 2. The average Bonchev–Trinajstić information content (AvgIpc) is 2.87. The third kappa shape index (κ3) is 3.25. The molecule has 1 amide bonds. The zero-order chi connectivity index (χ0) is 14.0. The first kappa shape index (κ1) is 14.3. The van der Waals surface area contributed by atoms with E-state index in [2.05, 4.69) is 18.7 Å². The lowest BCUT2D eigenvalue weighted by atomic mass is 10.1. The van der Waals surface area contributed by atoms with Crippen molar-refractivity contribution in [1.29, 1.82) is 0 Å². The summed E-state index contributed by atoms with van der Waals surface area (Å²) in [7, 11) is 0. The van der Waals surface area contributed by atoms with Crippen LogP contribution in [0.25, 0.3) is 0 Å². The molecule has 0 aliphatic carbocycles. The summed E-state index contributed by atoms with van der Waals surface area (Å²) in [5.74, 6) is -1.02. The Hall–Kier alpha value is -1.14. The van der Waals surface area contributed by atoms with Gasteiger partial charge in [0.15, 0.2) is 6.10 Å². The van der Waals surface area contributed by atoms with E-state index in [0.717, 1.165) is 13.1 Å². The number of aliphatic carboxylic acids is 1. The highest BCUT2D eigenvalue weighted by atomic mass is 16.5. The quantitative estimate of drug-likeness (QED) is 0.791. The van der Waals surface area contributed by atoms with Gasteiger partial charge in [0.25, 0.3) is 5.91 Å². The number of carboxylic acid groups (broad SMARTS) is 1. The van der Waals surface area contributed by atoms with Crippen molar-refractivity contribution in [2.45, 2.75) is 44.9 Å². The van der Waals surface area contributed by atoms with Crippen LogP contribution in [0.4, 0.5) is 0 Å². The Morgan fingerprint density at radius 2 is 1.68 bits per heavy atom. The van der Waals surface area contributed by atoms with Gasteiger partial charge < -0.3 is 14.7 Å². The number of amides is 1. The number of piperazine rings is 1. The molecule has 6 heteroatoms. The van der Waals surface area contributed by atoms with Crippen molar-refractivity contribution in [3.8, 4) is 0 Å². The number of hydrogen-bond acceptors (Lipinski definition) is 4. The maximum Gasteiger partial charge on any atom is 0.332 e. The molecule has 2 atom stereocenters. The fourth-order valence-corrected chi connectivity index (χ4v) is 2.66. The summed E-state index contributed by atoms with van der Waals surface area (Å²) in [5.41, 5.74) is 0. The van der Waals surface area contributed by atoms with E-state index in [0.29, 0.717) is 32.0 Å². The molecule has 1 N–H and O–H groups in total. The number of ether oxygens (including phenoxy) is 1. The Bertz CT molecular complexity index is 351. The second-order valence-corrected chi connectivity index (χ2v) is 5.48. The van der Waals surface area contributed by atoms with Gasteiger partial charge in [-0.05, 0) is 26.7 Å². The van der Waals surface area contributed by atoms with Crippen molar-refractivity contribution in [2.24, 2.45) is 0 Å². The molecule has 0 radical (unpaired) electrons. The van der Waals surface area contributed by atoms with Gasteiger partial charge in [-0.1, -0.05) is 0 Å². The molecule has 2 rings (SSSR count). The Morgan fingerprint density at radius 3 is 2.16 bits per heavy atom. The van der Waals surface area contributed by atoms with E-state index < -0.39 is 18.2 Å². The van der Waals surface area contributed by atoms with Crippen LogP contribution < -0.4 is 0 Å². The molecule has 2 aliphatic rings. The zero-order valence-corrected chi connectivity index (χ0v) is 11.5. The first-order chi connectivity index (χ1) is 8.99. The van der Waals surface area contributed by atoms with E-state index in [9.17, 15) is 9.59 Å². The van der Waals surface area contributed by atoms with Crippen LogP contribution in [0.5, 0.6) is 0 Å². The molecular weight excluding hydrogens is 248 g/mol. The molecule has 0 aromatic heterocycles. The van der Waals surface area contributed by atoms with Crippen LogP contribution in [0, 0.1) is 0 Å². The molecule has 2 unspecified atom stereocenters. The largest absolute Gasteiger partial charge is 0.479 e. The first-order valence-corrected chi connectivity index (χ1v) is 6.90. The fraction of sp³-hybridized carbons (Fsp3) is 0.846. The first-order valence-electron chi connectivity index (χ1n) is 6.90. The van der Waals surface area contributed by atoms with Gasteiger partial charge in [-0.15, -0.1) is 0 Å². The maximum atomic E-state index is 12.2. The van der Waals surface area contributed by atoms with Crippen LogP contribution in [-0.4, -0.2) is 71.2 Å². The van der Waals surface area contributed by atoms with E-state index >= 15 is 0 Å². The lowest BCUT2D eigenvalue weighted by Crippen LogP contribution is -2.53. The monoisotopic (exact) mass is 270 g/mol. The molecule has 0 aromatic rings. The molecule has 2 saturated heterocycles. The molecule has 19 heavy (non-hydrogen) atoms. The molecule has 0 aromatic carbocycles. The highest BCUT2D eigenvalue weighted by Gasteiger charge is 2.37. The van der Waals surface area contributed by atoms with Gasteiger partial charge >= 0.3 is 5.97 Å². The number of carbonyl (C=O) groups is 2. The lowest BCUT2D eigenvalue weighted by molar-refractivity contribution is -0.155. The van der Waals surface area contributed by atoms with Gasteiger partial charge in [0, 0.05) is 32.2 Å². The molecule has 2 fully saturated rings. The minimum atomic E-state index is -0.972. The summed E-state index contributed by atoms with van der Waals surface area (Å²) in [6.07, 6.45) is -0.435. The molecule has 0 saturated carbocycles. The van der Waals surface area contributed by atoms with E-state index in [4.69, 9.17) is 9.84 Å². The fourth-order valence-electron chi connectivity index (χ4n) is 2.66. The Morgan fingerprint density at radius 1 is 1.11 bits per heavy atom. The van der Waals surface area contributed by atoms with Crippen molar-refractivity contribution < 1.29 is 19.4 Å². The molecule has 108 valence electrons. The molecule has 2 aliphatic heterocycles. The summed E-state index contributed by atoms with van der Waals surface area (Å²) in [6.45, 7) is 7.45. The second kappa shape index (κ2) is 5.88. The Kier molecular flexibility index (Phi) is 4.42. The Labute approximate surface area is 113 Å². The molecule has 0 bridgehead atoms. The van der Waals surface area contributed by atoms with Crippen molar-refractivity contribution in [1.82, 2.24) is 9.80 Å². The summed E-state index contributed by atoms with van der Waals surface area (Å²) in [5, 5.41) is 8.86. The van der Waals surface area contributed by atoms with Gasteiger partial charge in [-0.25, -0.2) is 4.79 Å². The number of rotatable bonds is 3. The molecule has 6 nitrogen and oxygen atoms in total. The van der Waals surface area contributed by atoms with Gasteiger partial charge in [0.1, 0.15) is 6.10 Å². The zero-order valence-electron chi connectivity index (χ0n) is 11.5. The Balaban J connectivity index is 1.83. The summed E-state index contributed by atoms with van der Waals surface area (Å²) < 4.78 is 5.31. The van der Waals surface area contributed by atoms with Crippen LogP contribution in [0.2, 0.25) is 0 Å². The van der Waals surface area contributed by atoms with E-state index in [-0.39, 0.29) is 5.91 Å². The summed E-state index contributed by atoms with van der Waals surface area (Å²) in [4.78, 5) is 27.2. The van der Waals surface area contributed by atoms with Crippen LogP contribution in [0.15, 0.2) is 0 Å². The highest BCUT2D eigenvalue weighted by molar-refractivity contribution is 5.82. The lowest BCUT2D eigenvalue weighted by Gasteiger charge is -2.37. The minimum absolute atomic E-state index is 0.0489. The van der Waals surface area contributed by atoms with Crippen LogP contribution in [-0.2, 0) is 14.3 Å². The minimum Gasteiger partial charge on any atom is -0.479 e. The standard InChI is InChI=1S/C13H22N2O4/c1-9(2)14-5-7-15(8-6-14)12(16)10-3-4-11(19-10)13(17)18/h9-11H,3-8H2,1-2H3,(H,17,18). The van der Waals surface area contributed by atoms with Crippen molar-refractivity contribution >= 4 is 11.9 Å². The van der Waals surface area contributed by atoms with Crippen LogP contribution >= 0.6 is 0 Å². The highest BCUT2D eigenvalue weighted by Crippen LogP contribution is 2.22. The van der Waals surface area contributed by atoms with Crippen molar-refractivity contribution in [3.63, 3.8) is 0 Å². The van der Waals surface area contributed by atoms with Gasteiger partial charge in [-0.2, -0.15) is 0 Å². The predicted octanol–water partition coefficient (Wildman–Crippen LogP) is 0.171. The van der Waals surface area contributed by atoms with Crippen molar-refractivity contribution in [2.75, 3.05) is 26.2 Å². The predicted molar refractivity (Wildman–Crippen MR) is 68.8 cm³/mol. The third-order valence-corrected chi connectivity index (χ3v) is 3.93. The number of carbonyl (C=O) groups excluding carboxylic acids is 1. The van der Waals surface area contributed by atoms with E-state index in [1.807, 2.05) is 0 Å². The second-order valence-electron chi connectivity index (χ2n) is 5.48. The van der Waals surface area contributed by atoms with Crippen LogP contribution in [0.1, 0.15) is 26.7 Å². The third-order valence-electron chi connectivity index (χ3n) is 3.93. The molecule has 2 heterocycles. The van der Waals surface area contributed by atoms with E-state index in [1.165, 1.54) is 0 Å². The average molecular weight is 270 g/mol. The normalized spacial score (nSPS) is 28.9. The van der Waals surface area contributed by atoms with Gasteiger partial charge in [0.2, 0.25) is 0 Å². The summed E-state index contributed by atoms with van der Waals surface area (Å²) in [6, 6.07) is 0.497. The van der Waals surface area contributed by atoms with Crippen LogP contribution in [0.3, 0.4) is 0 Å². The van der Waals surface area contributed by atoms with Crippen molar-refractivity contribution in [3.05, 3.63) is 0 Å². The molecular formula is C13H22N2O4.